The van der Waals surface area contributed by atoms with Crippen LogP contribution in [0.2, 0.25) is 5.02 Å². The minimum Gasteiger partial charge on any atom is -0.496 e. The lowest BCUT2D eigenvalue weighted by atomic mass is 9.97. The Morgan fingerprint density at radius 2 is 2.00 bits per heavy atom. The molecule has 3 heteroatoms. The predicted molar refractivity (Wildman–Crippen MR) is 66.6 cm³/mol. The van der Waals surface area contributed by atoms with E-state index in [0.29, 0.717) is 21.9 Å². The van der Waals surface area contributed by atoms with Crippen LogP contribution < -0.4 is 4.74 Å². The number of allylic oxidation sites excluding steroid dienone is 1. The van der Waals surface area contributed by atoms with Gasteiger partial charge in [-0.25, -0.2) is 0 Å². The van der Waals surface area contributed by atoms with E-state index in [1.54, 1.807) is 13.0 Å². The minimum absolute atomic E-state index is 0.128. The Morgan fingerprint density at radius 3 is 2.44 bits per heavy atom. The Labute approximate surface area is 101 Å². The molecule has 1 aromatic carbocycles. The first-order valence-corrected chi connectivity index (χ1v) is 5.31. The van der Waals surface area contributed by atoms with Gasteiger partial charge in [0.1, 0.15) is 5.75 Å². The van der Waals surface area contributed by atoms with Gasteiger partial charge < -0.3 is 4.74 Å². The first-order valence-electron chi connectivity index (χ1n) is 4.94. The molecule has 0 fully saturated rings. The predicted octanol–water partition coefficient (Wildman–Crippen LogP) is 3.72. The van der Waals surface area contributed by atoms with Crippen LogP contribution in [0.4, 0.5) is 0 Å². The molecule has 0 aliphatic carbocycles. The molecular formula is C13H15ClO2. The van der Waals surface area contributed by atoms with E-state index in [2.05, 4.69) is 6.58 Å². The highest BCUT2D eigenvalue weighted by atomic mass is 35.5. The summed E-state index contributed by atoms with van der Waals surface area (Å²) in [5.74, 6) is 0.420. The Balaban J connectivity index is 3.53. The van der Waals surface area contributed by atoms with Crippen LogP contribution in [0.3, 0.4) is 0 Å². The molecule has 0 atom stereocenters. The largest absolute Gasteiger partial charge is 0.496 e. The van der Waals surface area contributed by atoms with Gasteiger partial charge in [0.15, 0.2) is 5.78 Å². The molecule has 0 N–H and O–H groups in total. The number of hydrogen-bond donors (Lipinski definition) is 0. The molecule has 86 valence electrons. The fourth-order valence-corrected chi connectivity index (χ4v) is 1.73. The zero-order chi connectivity index (χ0) is 12.5. The van der Waals surface area contributed by atoms with Gasteiger partial charge in [-0.3, -0.25) is 4.79 Å². The lowest BCUT2D eigenvalue weighted by molar-refractivity contribution is 0.103. The third kappa shape index (κ3) is 2.12. The molecule has 0 saturated carbocycles. The topological polar surface area (TPSA) is 26.3 Å². The highest BCUT2D eigenvalue weighted by Crippen LogP contribution is 2.32. The zero-order valence-electron chi connectivity index (χ0n) is 9.98. The van der Waals surface area contributed by atoms with Crippen molar-refractivity contribution in [3.63, 3.8) is 0 Å². The highest BCUT2D eigenvalue weighted by Gasteiger charge is 2.19. The second kappa shape index (κ2) is 4.71. The smallest absolute Gasteiger partial charge is 0.192 e. The molecule has 0 aliphatic heterocycles. The molecule has 2 nitrogen and oxygen atoms in total. The maximum absolute atomic E-state index is 12.0. The van der Waals surface area contributed by atoms with Gasteiger partial charge in [-0.05, 0) is 43.5 Å². The van der Waals surface area contributed by atoms with Crippen molar-refractivity contribution in [3.8, 4) is 5.75 Å². The molecule has 0 aromatic heterocycles. The fraction of sp³-hybridized carbons (Fsp3) is 0.308. The SMILES string of the molecule is C=C(C)C(=O)c1c(OC)cc(C)c(Cl)c1C. The lowest BCUT2D eigenvalue weighted by Gasteiger charge is -2.14. The van der Waals surface area contributed by atoms with Crippen LogP contribution in [0.25, 0.3) is 0 Å². The molecule has 16 heavy (non-hydrogen) atoms. The molecule has 1 aromatic rings. The van der Waals surface area contributed by atoms with Gasteiger partial charge in [-0.1, -0.05) is 18.2 Å². The number of benzene rings is 1. The first kappa shape index (κ1) is 12.8. The van der Waals surface area contributed by atoms with Crippen molar-refractivity contribution in [3.05, 3.63) is 39.9 Å². The normalized spacial score (nSPS) is 10.1. The molecule has 1 rings (SSSR count). The van der Waals surface area contributed by atoms with E-state index in [0.717, 1.165) is 11.1 Å². The molecule has 0 spiro atoms. The third-order valence-corrected chi connectivity index (χ3v) is 3.06. The molecule has 0 radical (unpaired) electrons. The van der Waals surface area contributed by atoms with E-state index >= 15 is 0 Å². The maximum Gasteiger partial charge on any atom is 0.192 e. The van der Waals surface area contributed by atoms with Gasteiger partial charge in [0.25, 0.3) is 0 Å². The number of rotatable bonds is 3. The van der Waals surface area contributed by atoms with Crippen molar-refractivity contribution in [2.75, 3.05) is 7.11 Å². The minimum atomic E-state index is -0.128. The number of aryl methyl sites for hydroxylation is 1. The average Bonchev–Trinajstić information content (AvgIpc) is 2.24. The summed E-state index contributed by atoms with van der Waals surface area (Å²) < 4.78 is 5.21. The van der Waals surface area contributed by atoms with Gasteiger partial charge in [-0.2, -0.15) is 0 Å². The molecule has 0 heterocycles. The van der Waals surface area contributed by atoms with Crippen LogP contribution in [-0.2, 0) is 0 Å². The Kier molecular flexibility index (Phi) is 3.76. The summed E-state index contributed by atoms with van der Waals surface area (Å²) in [5, 5.41) is 0.602. The van der Waals surface area contributed by atoms with E-state index in [4.69, 9.17) is 16.3 Å². The van der Waals surface area contributed by atoms with Gasteiger partial charge in [-0.15, -0.1) is 0 Å². The summed E-state index contributed by atoms with van der Waals surface area (Å²) in [4.78, 5) is 12.0. The Morgan fingerprint density at radius 1 is 1.44 bits per heavy atom. The van der Waals surface area contributed by atoms with Crippen molar-refractivity contribution in [2.45, 2.75) is 20.8 Å². The zero-order valence-corrected chi connectivity index (χ0v) is 10.7. The number of carbonyl (C=O) groups is 1. The molecular weight excluding hydrogens is 224 g/mol. The summed E-state index contributed by atoms with van der Waals surface area (Å²) in [6, 6.07) is 1.77. The summed E-state index contributed by atoms with van der Waals surface area (Å²) in [6.45, 7) is 9.02. The van der Waals surface area contributed by atoms with E-state index in [1.807, 2.05) is 13.8 Å². The Bertz CT molecular complexity index is 461. The summed E-state index contributed by atoms with van der Waals surface area (Å²) in [7, 11) is 1.54. The number of hydrogen-bond acceptors (Lipinski definition) is 2. The van der Waals surface area contributed by atoms with Crippen molar-refractivity contribution in [2.24, 2.45) is 0 Å². The number of halogens is 1. The molecule has 0 unspecified atom stereocenters. The monoisotopic (exact) mass is 238 g/mol. The second-order valence-corrected chi connectivity index (χ2v) is 4.20. The lowest BCUT2D eigenvalue weighted by Crippen LogP contribution is -2.06. The van der Waals surface area contributed by atoms with Crippen molar-refractivity contribution >= 4 is 17.4 Å². The van der Waals surface area contributed by atoms with Gasteiger partial charge in [0.2, 0.25) is 0 Å². The molecule has 0 bridgehead atoms. The number of ether oxygens (including phenoxy) is 1. The summed E-state index contributed by atoms with van der Waals surface area (Å²) >= 11 is 6.12. The third-order valence-electron chi connectivity index (χ3n) is 2.48. The van der Waals surface area contributed by atoms with Crippen molar-refractivity contribution in [1.29, 1.82) is 0 Å². The summed E-state index contributed by atoms with van der Waals surface area (Å²) in [5.41, 5.74) is 2.62. The molecule has 0 saturated heterocycles. The van der Waals surface area contributed by atoms with Crippen LogP contribution in [0.15, 0.2) is 18.2 Å². The molecule has 0 aliphatic rings. The Hall–Kier alpha value is -1.28. The van der Waals surface area contributed by atoms with Gasteiger partial charge >= 0.3 is 0 Å². The maximum atomic E-state index is 12.0. The number of carbonyl (C=O) groups excluding carboxylic acids is 1. The van der Waals surface area contributed by atoms with Crippen molar-refractivity contribution in [1.82, 2.24) is 0 Å². The number of ketones is 1. The van der Waals surface area contributed by atoms with Crippen LogP contribution in [0, 0.1) is 13.8 Å². The first-order chi connectivity index (χ1) is 7.40. The highest BCUT2D eigenvalue weighted by molar-refractivity contribution is 6.33. The van der Waals surface area contributed by atoms with Crippen LogP contribution in [0.1, 0.15) is 28.4 Å². The number of methoxy groups -OCH3 is 1. The average molecular weight is 239 g/mol. The van der Waals surface area contributed by atoms with Gasteiger partial charge in [0, 0.05) is 5.02 Å². The van der Waals surface area contributed by atoms with Crippen molar-refractivity contribution < 1.29 is 9.53 Å². The number of Topliss-reactive ketones (excluding diaryl/α,β-unsaturated/α-hetero) is 1. The van der Waals surface area contributed by atoms with Crippen LogP contribution in [-0.4, -0.2) is 12.9 Å². The standard InChI is InChI=1S/C13H15ClO2/c1-7(2)13(15)11-9(4)12(14)8(3)6-10(11)16-5/h6H,1H2,2-5H3. The van der Waals surface area contributed by atoms with Crippen LogP contribution in [0.5, 0.6) is 5.75 Å². The van der Waals surface area contributed by atoms with Gasteiger partial charge in [0.05, 0.1) is 12.7 Å². The van der Waals surface area contributed by atoms with Crippen LogP contribution >= 0.6 is 11.6 Å². The fourth-order valence-electron chi connectivity index (χ4n) is 1.58. The van der Waals surface area contributed by atoms with E-state index in [9.17, 15) is 4.79 Å². The summed E-state index contributed by atoms with van der Waals surface area (Å²) in [6.07, 6.45) is 0. The second-order valence-electron chi connectivity index (χ2n) is 3.82. The van der Waals surface area contributed by atoms with E-state index < -0.39 is 0 Å². The van der Waals surface area contributed by atoms with E-state index in [-0.39, 0.29) is 5.78 Å². The quantitative estimate of drug-likeness (QED) is 0.593. The van der Waals surface area contributed by atoms with E-state index in [1.165, 1.54) is 7.11 Å². The molecule has 0 amide bonds.